The lowest BCUT2D eigenvalue weighted by Crippen LogP contribution is -2.14. The molecule has 0 unspecified atom stereocenters. The quantitative estimate of drug-likeness (QED) is 0.607. The number of hydrogen-bond donors (Lipinski definition) is 1. The molecule has 25 heavy (non-hydrogen) atoms. The van der Waals surface area contributed by atoms with E-state index in [1.807, 2.05) is 27.0 Å². The number of fused-ring (bicyclic) bond motifs is 2. The average molecular weight is 335 g/mol. The minimum Gasteiger partial charge on any atom is -0.441 e. The standard InChI is InChI=1S/C18H17N5O2/c1-9-14(8-13-10(2)22-23(4)17(13)19-9)18(24)21-12-5-6-16-15(7-12)20-11(3)25-16/h5-8H,1-4H3,(H,21,24). The van der Waals surface area contributed by atoms with Gasteiger partial charge in [0.05, 0.1) is 17.0 Å². The number of aromatic nitrogens is 4. The Morgan fingerprint density at radius 2 is 1.92 bits per heavy atom. The summed E-state index contributed by atoms with van der Waals surface area (Å²) in [5.41, 5.74) is 4.87. The van der Waals surface area contributed by atoms with Crippen molar-refractivity contribution in [1.82, 2.24) is 19.7 Å². The number of nitrogens with zero attached hydrogens (tertiary/aromatic N) is 4. The van der Waals surface area contributed by atoms with Crippen molar-refractivity contribution in [3.63, 3.8) is 0 Å². The molecule has 0 fully saturated rings. The number of amides is 1. The monoisotopic (exact) mass is 335 g/mol. The zero-order chi connectivity index (χ0) is 17.7. The predicted molar refractivity (Wildman–Crippen MR) is 94.7 cm³/mol. The van der Waals surface area contributed by atoms with E-state index in [1.54, 1.807) is 29.8 Å². The molecule has 0 radical (unpaired) electrons. The summed E-state index contributed by atoms with van der Waals surface area (Å²) < 4.78 is 7.17. The van der Waals surface area contributed by atoms with Crippen LogP contribution < -0.4 is 5.32 Å². The molecule has 126 valence electrons. The highest BCUT2D eigenvalue weighted by atomic mass is 16.3. The Hall–Kier alpha value is -3.22. The van der Waals surface area contributed by atoms with Crippen LogP contribution in [0.3, 0.4) is 0 Å². The number of pyridine rings is 1. The highest BCUT2D eigenvalue weighted by molar-refractivity contribution is 6.07. The number of nitrogens with one attached hydrogen (secondary N) is 1. The Morgan fingerprint density at radius 1 is 1.12 bits per heavy atom. The van der Waals surface area contributed by atoms with Crippen LogP contribution in [-0.2, 0) is 7.05 Å². The molecule has 1 N–H and O–H groups in total. The van der Waals surface area contributed by atoms with E-state index < -0.39 is 0 Å². The van der Waals surface area contributed by atoms with Gasteiger partial charge in [0.15, 0.2) is 17.1 Å². The zero-order valence-corrected chi connectivity index (χ0v) is 14.4. The molecule has 3 heterocycles. The zero-order valence-electron chi connectivity index (χ0n) is 14.4. The second-order valence-electron chi connectivity index (χ2n) is 6.07. The fourth-order valence-electron chi connectivity index (χ4n) is 2.98. The van der Waals surface area contributed by atoms with Crippen LogP contribution in [0, 0.1) is 20.8 Å². The lowest BCUT2D eigenvalue weighted by Gasteiger charge is -2.08. The third kappa shape index (κ3) is 2.53. The Labute approximate surface area is 143 Å². The molecule has 0 spiro atoms. The Morgan fingerprint density at radius 3 is 2.72 bits per heavy atom. The number of carbonyl (C=O) groups excluding carboxylic acids is 1. The van der Waals surface area contributed by atoms with Crippen molar-refractivity contribution in [2.24, 2.45) is 7.05 Å². The van der Waals surface area contributed by atoms with E-state index in [2.05, 4.69) is 20.4 Å². The van der Waals surface area contributed by atoms with Gasteiger partial charge in [0.2, 0.25) is 0 Å². The molecular formula is C18H17N5O2. The predicted octanol–water partition coefficient (Wildman–Crippen LogP) is 3.29. The second kappa shape index (κ2) is 5.41. The van der Waals surface area contributed by atoms with Gasteiger partial charge in [-0.15, -0.1) is 0 Å². The van der Waals surface area contributed by atoms with Crippen molar-refractivity contribution >= 4 is 33.7 Å². The normalized spacial score (nSPS) is 11.4. The van der Waals surface area contributed by atoms with Crippen molar-refractivity contribution in [3.05, 3.63) is 47.1 Å². The second-order valence-corrected chi connectivity index (χ2v) is 6.07. The molecule has 7 heteroatoms. The first-order valence-corrected chi connectivity index (χ1v) is 7.92. The van der Waals surface area contributed by atoms with E-state index in [-0.39, 0.29) is 5.91 Å². The third-order valence-corrected chi connectivity index (χ3v) is 4.19. The van der Waals surface area contributed by atoms with Gasteiger partial charge in [-0.25, -0.2) is 9.97 Å². The van der Waals surface area contributed by atoms with E-state index in [4.69, 9.17) is 4.42 Å². The van der Waals surface area contributed by atoms with Gasteiger partial charge in [0.25, 0.3) is 5.91 Å². The molecule has 0 bridgehead atoms. The van der Waals surface area contributed by atoms with Gasteiger partial charge in [-0.05, 0) is 38.1 Å². The summed E-state index contributed by atoms with van der Waals surface area (Å²) in [6, 6.07) is 7.22. The number of hydrogen-bond acceptors (Lipinski definition) is 5. The van der Waals surface area contributed by atoms with Gasteiger partial charge in [0, 0.05) is 25.0 Å². The summed E-state index contributed by atoms with van der Waals surface area (Å²) in [6.07, 6.45) is 0. The van der Waals surface area contributed by atoms with Crippen LogP contribution >= 0.6 is 0 Å². The molecule has 0 atom stereocenters. The summed E-state index contributed by atoms with van der Waals surface area (Å²) >= 11 is 0. The smallest absolute Gasteiger partial charge is 0.257 e. The first-order chi connectivity index (χ1) is 11.9. The minimum atomic E-state index is -0.213. The van der Waals surface area contributed by atoms with Crippen molar-refractivity contribution in [2.45, 2.75) is 20.8 Å². The fraction of sp³-hybridized carbons (Fsp3) is 0.222. The van der Waals surface area contributed by atoms with Gasteiger partial charge in [0.1, 0.15) is 5.52 Å². The Bertz CT molecular complexity index is 1140. The van der Waals surface area contributed by atoms with Crippen LogP contribution in [0.15, 0.2) is 28.7 Å². The van der Waals surface area contributed by atoms with Gasteiger partial charge >= 0.3 is 0 Å². The van der Waals surface area contributed by atoms with E-state index in [9.17, 15) is 4.79 Å². The summed E-state index contributed by atoms with van der Waals surface area (Å²) in [6.45, 7) is 5.52. The maximum atomic E-state index is 12.7. The molecule has 0 aliphatic rings. The number of carbonyl (C=O) groups is 1. The molecule has 7 nitrogen and oxygen atoms in total. The molecule has 3 aromatic heterocycles. The first kappa shape index (κ1) is 15.3. The minimum absolute atomic E-state index is 0.213. The lowest BCUT2D eigenvalue weighted by atomic mass is 10.1. The number of benzene rings is 1. The van der Waals surface area contributed by atoms with Gasteiger partial charge in [-0.3, -0.25) is 9.48 Å². The molecule has 1 amide bonds. The molecule has 4 aromatic rings. The number of oxazole rings is 1. The topological polar surface area (TPSA) is 85.8 Å². The highest BCUT2D eigenvalue weighted by Gasteiger charge is 2.16. The van der Waals surface area contributed by atoms with Crippen LogP contribution in [0.4, 0.5) is 5.69 Å². The fourth-order valence-corrected chi connectivity index (χ4v) is 2.98. The number of anilines is 1. The molecule has 0 saturated carbocycles. The Balaban J connectivity index is 1.70. The maximum absolute atomic E-state index is 12.7. The van der Waals surface area contributed by atoms with E-state index in [0.717, 1.165) is 16.7 Å². The van der Waals surface area contributed by atoms with Gasteiger partial charge in [-0.1, -0.05) is 0 Å². The average Bonchev–Trinajstić information content (AvgIpc) is 3.05. The summed E-state index contributed by atoms with van der Waals surface area (Å²) in [4.78, 5) is 21.5. The Kier molecular flexibility index (Phi) is 3.31. The molecule has 4 rings (SSSR count). The largest absolute Gasteiger partial charge is 0.441 e. The van der Waals surface area contributed by atoms with E-state index in [1.165, 1.54) is 0 Å². The molecular weight excluding hydrogens is 318 g/mol. The SMILES string of the molecule is Cc1nc2cc(NC(=O)c3cc4c(C)nn(C)c4nc3C)ccc2o1. The summed E-state index contributed by atoms with van der Waals surface area (Å²) in [5.74, 6) is 0.380. The molecule has 0 saturated heterocycles. The van der Waals surface area contributed by atoms with E-state index in [0.29, 0.717) is 33.9 Å². The van der Waals surface area contributed by atoms with Crippen molar-refractivity contribution < 1.29 is 9.21 Å². The van der Waals surface area contributed by atoms with E-state index >= 15 is 0 Å². The summed E-state index contributed by atoms with van der Waals surface area (Å²) in [7, 11) is 1.84. The first-order valence-electron chi connectivity index (χ1n) is 7.92. The third-order valence-electron chi connectivity index (χ3n) is 4.19. The van der Waals surface area contributed by atoms with Crippen LogP contribution in [0.1, 0.15) is 27.6 Å². The van der Waals surface area contributed by atoms with Crippen molar-refractivity contribution in [2.75, 3.05) is 5.32 Å². The van der Waals surface area contributed by atoms with Crippen molar-refractivity contribution in [1.29, 1.82) is 0 Å². The lowest BCUT2D eigenvalue weighted by molar-refractivity contribution is 0.102. The number of aryl methyl sites for hydroxylation is 4. The molecule has 0 aliphatic heterocycles. The molecule has 0 aliphatic carbocycles. The highest BCUT2D eigenvalue weighted by Crippen LogP contribution is 2.22. The van der Waals surface area contributed by atoms with Crippen LogP contribution in [-0.4, -0.2) is 25.7 Å². The van der Waals surface area contributed by atoms with Crippen LogP contribution in [0.2, 0.25) is 0 Å². The molecule has 1 aromatic carbocycles. The van der Waals surface area contributed by atoms with Gasteiger partial charge in [-0.2, -0.15) is 5.10 Å². The van der Waals surface area contributed by atoms with Crippen LogP contribution in [0.25, 0.3) is 22.1 Å². The number of rotatable bonds is 2. The van der Waals surface area contributed by atoms with Gasteiger partial charge < -0.3 is 9.73 Å². The van der Waals surface area contributed by atoms with Crippen LogP contribution in [0.5, 0.6) is 0 Å². The maximum Gasteiger partial charge on any atom is 0.257 e. The van der Waals surface area contributed by atoms with Crippen molar-refractivity contribution in [3.8, 4) is 0 Å². The summed E-state index contributed by atoms with van der Waals surface area (Å²) in [5, 5.41) is 8.14.